The number of hydrogen-bond acceptors (Lipinski definition) is 4. The van der Waals surface area contributed by atoms with Crippen LogP contribution in [0, 0.1) is 6.92 Å². The molecule has 0 aliphatic carbocycles. The number of benzene rings is 1. The molecule has 0 aromatic heterocycles. The molecule has 0 radical (unpaired) electrons. The van der Waals surface area contributed by atoms with Crippen LogP contribution in [0.5, 0.6) is 0 Å². The van der Waals surface area contributed by atoms with Crippen molar-refractivity contribution in [1.82, 2.24) is 10.6 Å². The lowest BCUT2D eigenvalue weighted by Crippen LogP contribution is -2.51. The number of nitrogens with one attached hydrogen (secondary N) is 3. The van der Waals surface area contributed by atoms with Gasteiger partial charge in [0, 0.05) is 24.9 Å². The van der Waals surface area contributed by atoms with Crippen molar-refractivity contribution in [2.24, 2.45) is 0 Å². The number of rotatable bonds is 5. The molecule has 6 heteroatoms. The highest BCUT2D eigenvalue weighted by atomic mass is 16.5. The van der Waals surface area contributed by atoms with Crippen molar-refractivity contribution in [3.05, 3.63) is 29.3 Å². The predicted molar refractivity (Wildman–Crippen MR) is 89.7 cm³/mol. The van der Waals surface area contributed by atoms with Crippen molar-refractivity contribution < 1.29 is 14.3 Å². The number of hydrogen-bond donors (Lipinski definition) is 3. The van der Waals surface area contributed by atoms with Gasteiger partial charge in [-0.15, -0.1) is 0 Å². The number of methoxy groups -OCH3 is 1. The lowest BCUT2D eigenvalue weighted by Gasteiger charge is -2.34. The summed E-state index contributed by atoms with van der Waals surface area (Å²) in [4.78, 5) is 24.7. The standard InChI is InChI=1S/C17H25N3O3/c1-4-19-15(21)13-6-5-12(2)14(11-13)20-16(22)17(23-3)7-9-18-10-8-17/h5-6,11,18H,4,7-10H2,1-3H3,(H,19,21)(H,20,22). The monoisotopic (exact) mass is 319 g/mol. The normalized spacial score (nSPS) is 16.7. The van der Waals surface area contributed by atoms with Crippen molar-refractivity contribution in [1.29, 1.82) is 0 Å². The van der Waals surface area contributed by atoms with Gasteiger partial charge < -0.3 is 20.7 Å². The first kappa shape index (κ1) is 17.4. The molecule has 1 aliphatic rings. The smallest absolute Gasteiger partial charge is 0.256 e. The second-order valence-electron chi connectivity index (χ2n) is 5.79. The summed E-state index contributed by atoms with van der Waals surface area (Å²) in [6.07, 6.45) is 1.26. The average molecular weight is 319 g/mol. The number of carbonyl (C=O) groups is 2. The minimum atomic E-state index is -0.806. The molecule has 2 amide bonds. The molecular weight excluding hydrogens is 294 g/mol. The molecule has 1 heterocycles. The van der Waals surface area contributed by atoms with E-state index in [1.54, 1.807) is 19.2 Å². The molecule has 0 spiro atoms. The third-order valence-electron chi connectivity index (χ3n) is 4.30. The first-order chi connectivity index (χ1) is 11.0. The van der Waals surface area contributed by atoms with Crippen LogP contribution < -0.4 is 16.0 Å². The molecule has 3 N–H and O–H groups in total. The van der Waals surface area contributed by atoms with Crippen LogP contribution in [0.3, 0.4) is 0 Å². The fourth-order valence-electron chi connectivity index (χ4n) is 2.75. The number of amides is 2. The Balaban J connectivity index is 2.19. The summed E-state index contributed by atoms with van der Waals surface area (Å²) in [5.74, 6) is -0.302. The third kappa shape index (κ3) is 3.89. The van der Waals surface area contributed by atoms with Crippen LogP contribution >= 0.6 is 0 Å². The number of anilines is 1. The molecule has 1 aliphatic heterocycles. The summed E-state index contributed by atoms with van der Waals surface area (Å²) in [5, 5.41) is 8.93. The SMILES string of the molecule is CCNC(=O)c1ccc(C)c(NC(=O)C2(OC)CCNCC2)c1. The summed E-state index contributed by atoms with van der Waals surface area (Å²) in [7, 11) is 1.57. The van der Waals surface area contributed by atoms with E-state index in [0.717, 1.165) is 18.7 Å². The highest BCUT2D eigenvalue weighted by Gasteiger charge is 2.39. The van der Waals surface area contributed by atoms with Crippen molar-refractivity contribution in [3.8, 4) is 0 Å². The second kappa shape index (κ2) is 7.57. The average Bonchev–Trinajstić information content (AvgIpc) is 2.57. The summed E-state index contributed by atoms with van der Waals surface area (Å²) in [6, 6.07) is 5.30. The quantitative estimate of drug-likeness (QED) is 0.767. The van der Waals surface area contributed by atoms with Gasteiger partial charge in [-0.2, -0.15) is 0 Å². The van der Waals surface area contributed by atoms with Crippen molar-refractivity contribution in [2.45, 2.75) is 32.3 Å². The van der Waals surface area contributed by atoms with Crippen molar-refractivity contribution in [3.63, 3.8) is 0 Å². The van der Waals surface area contributed by atoms with E-state index in [1.807, 2.05) is 19.9 Å². The van der Waals surface area contributed by atoms with Gasteiger partial charge in [-0.3, -0.25) is 9.59 Å². The molecule has 2 rings (SSSR count). The van der Waals surface area contributed by atoms with Gasteiger partial charge in [0.1, 0.15) is 5.60 Å². The lowest BCUT2D eigenvalue weighted by molar-refractivity contribution is -0.140. The van der Waals surface area contributed by atoms with Crippen LogP contribution in [0.15, 0.2) is 18.2 Å². The van der Waals surface area contributed by atoms with Gasteiger partial charge in [0.25, 0.3) is 11.8 Å². The molecule has 1 aromatic carbocycles. The van der Waals surface area contributed by atoms with Crippen LogP contribution in [-0.4, -0.2) is 44.2 Å². The Morgan fingerprint density at radius 2 is 2.00 bits per heavy atom. The Morgan fingerprint density at radius 1 is 1.30 bits per heavy atom. The van der Waals surface area contributed by atoms with E-state index in [2.05, 4.69) is 16.0 Å². The molecule has 126 valence electrons. The maximum atomic E-state index is 12.7. The van der Waals surface area contributed by atoms with Gasteiger partial charge in [0.2, 0.25) is 0 Å². The topological polar surface area (TPSA) is 79.5 Å². The highest BCUT2D eigenvalue weighted by Crippen LogP contribution is 2.26. The Morgan fingerprint density at radius 3 is 2.61 bits per heavy atom. The maximum Gasteiger partial charge on any atom is 0.256 e. The minimum Gasteiger partial charge on any atom is -0.368 e. The van der Waals surface area contributed by atoms with E-state index < -0.39 is 5.60 Å². The Hall–Kier alpha value is -1.92. The fourth-order valence-corrected chi connectivity index (χ4v) is 2.75. The largest absolute Gasteiger partial charge is 0.368 e. The van der Waals surface area contributed by atoms with Gasteiger partial charge >= 0.3 is 0 Å². The van der Waals surface area contributed by atoms with Crippen LogP contribution in [0.1, 0.15) is 35.7 Å². The Bertz CT molecular complexity index is 580. The molecular formula is C17H25N3O3. The van der Waals surface area contributed by atoms with Gasteiger partial charge in [-0.25, -0.2) is 0 Å². The van der Waals surface area contributed by atoms with E-state index in [1.165, 1.54) is 0 Å². The Labute approximate surface area is 137 Å². The maximum absolute atomic E-state index is 12.7. The molecule has 1 fully saturated rings. The first-order valence-electron chi connectivity index (χ1n) is 7.98. The van der Waals surface area contributed by atoms with E-state index in [-0.39, 0.29) is 11.8 Å². The van der Waals surface area contributed by atoms with E-state index in [9.17, 15) is 9.59 Å². The number of ether oxygens (including phenoxy) is 1. The van der Waals surface area contributed by atoms with E-state index in [0.29, 0.717) is 30.6 Å². The van der Waals surface area contributed by atoms with Crippen molar-refractivity contribution >= 4 is 17.5 Å². The van der Waals surface area contributed by atoms with E-state index in [4.69, 9.17) is 4.74 Å². The first-order valence-corrected chi connectivity index (χ1v) is 7.98. The van der Waals surface area contributed by atoms with Gasteiger partial charge in [0.15, 0.2) is 0 Å². The number of piperidine rings is 1. The van der Waals surface area contributed by atoms with Gasteiger partial charge in [0.05, 0.1) is 0 Å². The highest BCUT2D eigenvalue weighted by molar-refractivity contribution is 6.00. The zero-order valence-corrected chi connectivity index (χ0v) is 14.0. The molecule has 1 saturated heterocycles. The molecule has 0 saturated carbocycles. The summed E-state index contributed by atoms with van der Waals surface area (Å²) >= 11 is 0. The van der Waals surface area contributed by atoms with Crippen LogP contribution in [-0.2, 0) is 9.53 Å². The number of carbonyl (C=O) groups excluding carboxylic acids is 2. The van der Waals surface area contributed by atoms with E-state index >= 15 is 0 Å². The van der Waals surface area contributed by atoms with Gasteiger partial charge in [-0.1, -0.05) is 6.07 Å². The zero-order chi connectivity index (χ0) is 16.9. The summed E-state index contributed by atoms with van der Waals surface area (Å²) in [5.41, 5.74) is 1.28. The molecule has 23 heavy (non-hydrogen) atoms. The zero-order valence-electron chi connectivity index (χ0n) is 14.0. The fraction of sp³-hybridized carbons (Fsp3) is 0.529. The lowest BCUT2D eigenvalue weighted by atomic mass is 9.91. The molecule has 0 atom stereocenters. The Kier molecular flexibility index (Phi) is 5.74. The summed E-state index contributed by atoms with van der Waals surface area (Å²) < 4.78 is 5.54. The van der Waals surface area contributed by atoms with Crippen LogP contribution in [0.2, 0.25) is 0 Å². The molecule has 0 bridgehead atoms. The molecule has 1 aromatic rings. The molecule has 6 nitrogen and oxygen atoms in total. The molecule has 0 unspecified atom stereocenters. The second-order valence-corrected chi connectivity index (χ2v) is 5.79. The van der Waals surface area contributed by atoms with Crippen LogP contribution in [0.25, 0.3) is 0 Å². The minimum absolute atomic E-state index is 0.147. The number of aryl methyl sites for hydroxylation is 1. The summed E-state index contributed by atoms with van der Waals surface area (Å²) in [6.45, 7) is 5.83. The van der Waals surface area contributed by atoms with Crippen molar-refractivity contribution in [2.75, 3.05) is 32.1 Å². The van der Waals surface area contributed by atoms with Crippen LogP contribution in [0.4, 0.5) is 5.69 Å². The third-order valence-corrected chi connectivity index (χ3v) is 4.30. The predicted octanol–water partition coefficient (Wildman–Crippen LogP) is 1.45. The van der Waals surface area contributed by atoms with Gasteiger partial charge in [-0.05, 0) is 57.5 Å².